The number of aromatic hydroxyl groups is 1. The lowest BCUT2D eigenvalue weighted by Gasteiger charge is -2.35. The average Bonchev–Trinajstić information content (AvgIpc) is 2.41. The van der Waals surface area contributed by atoms with Crippen molar-refractivity contribution < 1.29 is 9.90 Å². The Balaban J connectivity index is 2.00. The van der Waals surface area contributed by atoms with E-state index in [0.717, 1.165) is 31.4 Å². The van der Waals surface area contributed by atoms with Crippen LogP contribution in [-0.4, -0.2) is 35.0 Å². The quantitative estimate of drug-likeness (QED) is 0.846. The molecule has 0 aromatic heterocycles. The summed E-state index contributed by atoms with van der Waals surface area (Å²) in [5.74, 6) is 0.361. The smallest absolute Gasteiger partial charge is 0.227 e. The van der Waals surface area contributed by atoms with Crippen molar-refractivity contribution in [3.8, 4) is 5.75 Å². The van der Waals surface area contributed by atoms with Crippen LogP contribution in [0.1, 0.15) is 24.8 Å². The Morgan fingerprint density at radius 3 is 2.72 bits per heavy atom. The number of nitrogens with two attached hydrogens (primary N) is 1. The van der Waals surface area contributed by atoms with Crippen molar-refractivity contribution in [3.63, 3.8) is 0 Å². The molecular weight excluding hydrogens is 228 g/mol. The van der Waals surface area contributed by atoms with Gasteiger partial charge in [0.25, 0.3) is 0 Å². The molecule has 1 amide bonds. The van der Waals surface area contributed by atoms with Crippen molar-refractivity contribution in [3.05, 3.63) is 29.8 Å². The van der Waals surface area contributed by atoms with E-state index >= 15 is 0 Å². The second-order valence-corrected chi connectivity index (χ2v) is 4.82. The van der Waals surface area contributed by atoms with Crippen molar-refractivity contribution in [2.75, 3.05) is 13.1 Å². The number of phenolic OH excluding ortho intramolecular Hbond substituents is 1. The molecule has 4 nitrogen and oxygen atoms in total. The van der Waals surface area contributed by atoms with Gasteiger partial charge in [0.1, 0.15) is 5.75 Å². The summed E-state index contributed by atoms with van der Waals surface area (Å²) in [5, 5.41) is 9.21. The van der Waals surface area contributed by atoms with Crippen molar-refractivity contribution in [2.45, 2.75) is 31.7 Å². The van der Waals surface area contributed by atoms with Gasteiger partial charge < -0.3 is 15.7 Å². The van der Waals surface area contributed by atoms with Gasteiger partial charge in [-0.1, -0.05) is 12.1 Å². The summed E-state index contributed by atoms with van der Waals surface area (Å²) in [6, 6.07) is 6.99. The first-order chi connectivity index (χ1) is 8.70. The Hall–Kier alpha value is -1.55. The molecule has 1 saturated heterocycles. The standard InChI is InChI=1S/C14H20N2O2/c15-10-12-3-1-2-8-16(12)14(18)9-11-4-6-13(17)7-5-11/h4-7,12,17H,1-3,8-10,15H2. The largest absolute Gasteiger partial charge is 0.508 e. The number of carbonyl (C=O) groups is 1. The Bertz CT molecular complexity index is 403. The Kier molecular flexibility index (Phi) is 4.20. The molecule has 0 bridgehead atoms. The van der Waals surface area contributed by atoms with E-state index < -0.39 is 0 Å². The zero-order valence-corrected chi connectivity index (χ0v) is 10.5. The van der Waals surface area contributed by atoms with E-state index in [1.54, 1.807) is 24.3 Å². The van der Waals surface area contributed by atoms with Gasteiger partial charge in [-0.2, -0.15) is 0 Å². The van der Waals surface area contributed by atoms with Gasteiger partial charge >= 0.3 is 0 Å². The van der Waals surface area contributed by atoms with Crippen molar-refractivity contribution in [1.29, 1.82) is 0 Å². The van der Waals surface area contributed by atoms with Crippen LogP contribution in [0.25, 0.3) is 0 Å². The first-order valence-corrected chi connectivity index (χ1v) is 6.48. The Morgan fingerprint density at radius 2 is 2.06 bits per heavy atom. The average molecular weight is 248 g/mol. The second-order valence-electron chi connectivity index (χ2n) is 4.82. The monoisotopic (exact) mass is 248 g/mol. The molecule has 1 fully saturated rings. The van der Waals surface area contributed by atoms with Crippen LogP contribution in [0, 0.1) is 0 Å². The first-order valence-electron chi connectivity index (χ1n) is 6.48. The van der Waals surface area contributed by atoms with E-state index in [1.165, 1.54) is 0 Å². The third kappa shape index (κ3) is 3.01. The molecule has 18 heavy (non-hydrogen) atoms. The maximum atomic E-state index is 12.2. The fraction of sp³-hybridized carbons (Fsp3) is 0.500. The van der Waals surface area contributed by atoms with Gasteiger partial charge in [0.05, 0.1) is 6.42 Å². The van der Waals surface area contributed by atoms with Gasteiger partial charge in [-0.3, -0.25) is 4.79 Å². The molecule has 1 heterocycles. The summed E-state index contributed by atoms with van der Waals surface area (Å²) >= 11 is 0. The Labute approximate surface area is 107 Å². The Morgan fingerprint density at radius 1 is 1.33 bits per heavy atom. The molecule has 0 radical (unpaired) electrons. The molecule has 0 spiro atoms. The number of hydrogen-bond acceptors (Lipinski definition) is 3. The fourth-order valence-corrected chi connectivity index (χ4v) is 2.46. The lowest BCUT2D eigenvalue weighted by molar-refractivity contribution is -0.133. The number of phenols is 1. The van der Waals surface area contributed by atoms with Gasteiger partial charge in [-0.15, -0.1) is 0 Å². The van der Waals surface area contributed by atoms with Crippen LogP contribution >= 0.6 is 0 Å². The fourth-order valence-electron chi connectivity index (χ4n) is 2.46. The zero-order valence-electron chi connectivity index (χ0n) is 10.5. The maximum absolute atomic E-state index is 12.2. The molecule has 1 aliphatic heterocycles. The lowest BCUT2D eigenvalue weighted by atomic mass is 10.0. The number of benzene rings is 1. The number of carbonyl (C=O) groups excluding carboxylic acids is 1. The van der Waals surface area contributed by atoms with Gasteiger partial charge in [-0.25, -0.2) is 0 Å². The molecule has 1 aromatic carbocycles. The molecule has 2 rings (SSSR count). The number of piperidine rings is 1. The van der Waals surface area contributed by atoms with Crippen LogP contribution in [0.4, 0.5) is 0 Å². The molecule has 0 aliphatic carbocycles. The summed E-state index contributed by atoms with van der Waals surface area (Å²) in [4.78, 5) is 14.1. The molecule has 3 N–H and O–H groups in total. The van der Waals surface area contributed by atoms with Gasteiger partial charge in [0.15, 0.2) is 0 Å². The van der Waals surface area contributed by atoms with Crippen molar-refractivity contribution in [2.24, 2.45) is 5.73 Å². The van der Waals surface area contributed by atoms with Crippen LogP contribution in [0.5, 0.6) is 5.75 Å². The molecule has 0 saturated carbocycles. The minimum Gasteiger partial charge on any atom is -0.508 e. The van der Waals surface area contributed by atoms with Crippen molar-refractivity contribution in [1.82, 2.24) is 4.90 Å². The summed E-state index contributed by atoms with van der Waals surface area (Å²) < 4.78 is 0. The highest BCUT2D eigenvalue weighted by molar-refractivity contribution is 5.79. The third-order valence-corrected chi connectivity index (χ3v) is 3.51. The second kappa shape index (κ2) is 5.87. The molecule has 1 aliphatic rings. The molecule has 4 heteroatoms. The molecule has 1 aromatic rings. The summed E-state index contributed by atoms with van der Waals surface area (Å²) in [6.45, 7) is 1.36. The molecule has 1 atom stereocenters. The minimum atomic E-state index is 0.135. The van der Waals surface area contributed by atoms with E-state index in [-0.39, 0.29) is 17.7 Å². The van der Waals surface area contributed by atoms with E-state index in [0.29, 0.717) is 13.0 Å². The van der Waals surface area contributed by atoms with Crippen LogP contribution < -0.4 is 5.73 Å². The van der Waals surface area contributed by atoms with E-state index in [2.05, 4.69) is 0 Å². The highest BCUT2D eigenvalue weighted by Gasteiger charge is 2.25. The molecule has 98 valence electrons. The van der Waals surface area contributed by atoms with E-state index in [9.17, 15) is 9.90 Å². The number of rotatable bonds is 3. The summed E-state index contributed by atoms with van der Waals surface area (Å²) in [7, 11) is 0. The topological polar surface area (TPSA) is 66.6 Å². The van der Waals surface area contributed by atoms with Crippen LogP contribution in [0.2, 0.25) is 0 Å². The van der Waals surface area contributed by atoms with Crippen LogP contribution in [0.15, 0.2) is 24.3 Å². The van der Waals surface area contributed by atoms with Crippen molar-refractivity contribution >= 4 is 5.91 Å². The molecule has 1 unspecified atom stereocenters. The van der Waals surface area contributed by atoms with Crippen LogP contribution in [-0.2, 0) is 11.2 Å². The minimum absolute atomic E-state index is 0.135. The first kappa shape index (κ1) is 12.9. The highest BCUT2D eigenvalue weighted by atomic mass is 16.3. The molecular formula is C14H20N2O2. The number of likely N-dealkylation sites (tertiary alicyclic amines) is 1. The number of hydrogen-bond donors (Lipinski definition) is 2. The third-order valence-electron chi connectivity index (χ3n) is 3.51. The maximum Gasteiger partial charge on any atom is 0.227 e. The number of amides is 1. The SMILES string of the molecule is NCC1CCCCN1C(=O)Cc1ccc(O)cc1. The zero-order chi connectivity index (χ0) is 13.0. The lowest BCUT2D eigenvalue weighted by Crippen LogP contribution is -2.48. The van der Waals surface area contributed by atoms with E-state index in [1.807, 2.05) is 4.90 Å². The predicted octanol–water partition coefficient (Wildman–Crippen LogP) is 1.27. The van der Waals surface area contributed by atoms with Crippen LogP contribution in [0.3, 0.4) is 0 Å². The van der Waals surface area contributed by atoms with Gasteiger partial charge in [-0.05, 0) is 37.0 Å². The summed E-state index contributed by atoms with van der Waals surface area (Å²) in [6.07, 6.45) is 3.62. The normalized spacial score (nSPS) is 19.8. The van der Waals surface area contributed by atoms with Gasteiger partial charge in [0, 0.05) is 19.1 Å². The van der Waals surface area contributed by atoms with Gasteiger partial charge in [0.2, 0.25) is 5.91 Å². The highest BCUT2D eigenvalue weighted by Crippen LogP contribution is 2.18. The summed E-state index contributed by atoms with van der Waals surface area (Å²) in [5.41, 5.74) is 6.65. The predicted molar refractivity (Wildman–Crippen MR) is 70.2 cm³/mol. The number of nitrogens with zero attached hydrogens (tertiary/aromatic N) is 1. The van der Waals surface area contributed by atoms with E-state index in [4.69, 9.17) is 5.73 Å².